The van der Waals surface area contributed by atoms with Crippen molar-refractivity contribution in [1.29, 1.82) is 0 Å². The first-order valence-corrected chi connectivity index (χ1v) is 8.55. The van der Waals surface area contributed by atoms with Gasteiger partial charge >= 0.3 is 0 Å². The largest absolute Gasteiger partial charge is 0.340 e. The summed E-state index contributed by atoms with van der Waals surface area (Å²) in [6.07, 6.45) is 1.97. The summed E-state index contributed by atoms with van der Waals surface area (Å²) in [6.45, 7) is 8.64. The summed E-state index contributed by atoms with van der Waals surface area (Å²) in [4.78, 5) is 14.3. The van der Waals surface area contributed by atoms with E-state index in [4.69, 9.17) is 0 Å². The third kappa shape index (κ3) is 2.90. The quantitative estimate of drug-likeness (QED) is 0.727. The second-order valence-corrected chi connectivity index (χ2v) is 7.69. The summed E-state index contributed by atoms with van der Waals surface area (Å²) in [5, 5.41) is 13.0. The molecular weight excluding hydrogens is 316 g/mol. The number of hydrogen-bond donors (Lipinski definition) is 0. The number of rotatable bonds is 3. The molecule has 7 nitrogen and oxygen atoms in total. The number of nitrogens with zero attached hydrogens (tertiary/aromatic N) is 6. The van der Waals surface area contributed by atoms with Crippen LogP contribution in [0.5, 0.6) is 0 Å². The van der Waals surface area contributed by atoms with Crippen LogP contribution in [0.15, 0.2) is 41.3 Å². The topological polar surface area (TPSA) is 68.3 Å². The summed E-state index contributed by atoms with van der Waals surface area (Å²) in [6, 6.07) is 9.31. The molecule has 0 aromatic carbocycles. The fourth-order valence-corrected chi connectivity index (χ4v) is 3.12. The molecule has 0 bridgehead atoms. The van der Waals surface area contributed by atoms with E-state index in [2.05, 4.69) is 41.0 Å². The van der Waals surface area contributed by atoms with Crippen LogP contribution in [-0.2, 0) is 12.0 Å². The Kier molecular flexibility index (Phi) is 3.59. The Morgan fingerprint density at radius 3 is 2.68 bits per heavy atom. The molecule has 130 valence electrons. The van der Waals surface area contributed by atoms with E-state index in [1.54, 1.807) is 10.7 Å². The Morgan fingerprint density at radius 1 is 1.12 bits per heavy atom. The van der Waals surface area contributed by atoms with Crippen LogP contribution >= 0.6 is 0 Å². The Hall–Kier alpha value is -2.70. The van der Waals surface area contributed by atoms with Gasteiger partial charge in [0.05, 0.1) is 12.2 Å². The highest BCUT2D eigenvalue weighted by atomic mass is 16.1. The Morgan fingerprint density at radius 2 is 1.92 bits per heavy atom. The predicted octanol–water partition coefficient (Wildman–Crippen LogP) is 1.72. The monoisotopic (exact) mass is 338 g/mol. The second-order valence-electron chi connectivity index (χ2n) is 7.69. The van der Waals surface area contributed by atoms with Crippen LogP contribution in [0.4, 0.5) is 5.95 Å². The minimum Gasteiger partial charge on any atom is -0.340 e. The van der Waals surface area contributed by atoms with Crippen molar-refractivity contribution in [1.82, 2.24) is 24.4 Å². The molecule has 0 saturated carbocycles. The maximum Gasteiger partial charge on any atom is 0.266 e. The van der Waals surface area contributed by atoms with Crippen LogP contribution in [-0.4, -0.2) is 37.5 Å². The highest BCUT2D eigenvalue weighted by Gasteiger charge is 2.31. The van der Waals surface area contributed by atoms with Crippen molar-refractivity contribution in [3.8, 4) is 0 Å². The van der Waals surface area contributed by atoms with E-state index in [1.807, 2.05) is 34.9 Å². The maximum absolute atomic E-state index is 12.1. The summed E-state index contributed by atoms with van der Waals surface area (Å²) in [5.41, 5.74) is 1.67. The molecule has 7 heteroatoms. The third-order valence-electron chi connectivity index (χ3n) is 4.60. The smallest absolute Gasteiger partial charge is 0.266 e. The molecule has 3 aromatic heterocycles. The number of aromatic nitrogens is 5. The van der Waals surface area contributed by atoms with Crippen molar-refractivity contribution in [3.05, 3.63) is 52.6 Å². The van der Waals surface area contributed by atoms with Crippen molar-refractivity contribution >= 4 is 11.6 Å². The van der Waals surface area contributed by atoms with E-state index in [1.165, 1.54) is 0 Å². The molecule has 0 atom stereocenters. The molecule has 0 unspecified atom stereocenters. The lowest BCUT2D eigenvalue weighted by Gasteiger charge is -2.39. The molecule has 0 N–H and O–H groups in total. The molecule has 0 radical (unpaired) electrons. The first kappa shape index (κ1) is 15.8. The molecule has 1 fully saturated rings. The van der Waals surface area contributed by atoms with Crippen molar-refractivity contribution < 1.29 is 0 Å². The average molecular weight is 338 g/mol. The number of hydrogen-bond acceptors (Lipinski definition) is 5. The fourth-order valence-electron chi connectivity index (χ4n) is 3.12. The summed E-state index contributed by atoms with van der Waals surface area (Å²) >= 11 is 0. The fraction of sp³-hybridized carbons (Fsp3) is 0.444. The van der Waals surface area contributed by atoms with Crippen LogP contribution in [0, 0.1) is 5.92 Å². The molecule has 4 rings (SSSR count). The summed E-state index contributed by atoms with van der Waals surface area (Å²) in [7, 11) is 0. The molecule has 0 amide bonds. The van der Waals surface area contributed by atoms with Gasteiger partial charge in [-0.1, -0.05) is 26.8 Å². The van der Waals surface area contributed by atoms with E-state index >= 15 is 0 Å². The Balaban J connectivity index is 1.48. The van der Waals surface area contributed by atoms with Crippen molar-refractivity contribution in [3.63, 3.8) is 0 Å². The lowest BCUT2D eigenvalue weighted by Crippen LogP contribution is -2.50. The summed E-state index contributed by atoms with van der Waals surface area (Å²) in [5.74, 6) is 1.24. The van der Waals surface area contributed by atoms with E-state index in [9.17, 15) is 4.79 Å². The van der Waals surface area contributed by atoms with Gasteiger partial charge in [0.1, 0.15) is 0 Å². The third-order valence-corrected chi connectivity index (χ3v) is 4.60. The molecular formula is C18H22N6O. The highest BCUT2D eigenvalue weighted by Crippen LogP contribution is 2.24. The SMILES string of the molecule is CC(C)(C)c1ccc(=O)n(CC2CN(c3nnc4ccccn34)C2)n1. The van der Waals surface area contributed by atoms with Crippen LogP contribution in [0.3, 0.4) is 0 Å². The minimum absolute atomic E-state index is 0.0422. The number of pyridine rings is 1. The van der Waals surface area contributed by atoms with Crippen LogP contribution < -0.4 is 10.5 Å². The zero-order valence-corrected chi connectivity index (χ0v) is 14.8. The van der Waals surface area contributed by atoms with Gasteiger partial charge in [0.15, 0.2) is 5.65 Å². The van der Waals surface area contributed by atoms with Gasteiger partial charge in [0.25, 0.3) is 5.56 Å². The number of anilines is 1. The Labute approximate surface area is 145 Å². The van der Waals surface area contributed by atoms with Crippen LogP contribution in [0.2, 0.25) is 0 Å². The van der Waals surface area contributed by atoms with Crippen LogP contribution in [0.25, 0.3) is 5.65 Å². The second kappa shape index (κ2) is 5.68. The molecule has 0 spiro atoms. The van der Waals surface area contributed by atoms with Gasteiger partial charge in [-0.2, -0.15) is 5.10 Å². The molecule has 1 aliphatic rings. The lowest BCUT2D eigenvalue weighted by atomic mass is 9.92. The zero-order chi connectivity index (χ0) is 17.6. The highest BCUT2D eigenvalue weighted by molar-refractivity contribution is 5.47. The molecule has 1 aliphatic heterocycles. The van der Waals surface area contributed by atoms with Gasteiger partial charge in [0, 0.05) is 36.7 Å². The molecule has 1 saturated heterocycles. The molecule has 4 heterocycles. The molecule has 0 aliphatic carbocycles. The lowest BCUT2D eigenvalue weighted by molar-refractivity contribution is 0.325. The normalized spacial score (nSPS) is 15.6. The van der Waals surface area contributed by atoms with Gasteiger partial charge in [-0.3, -0.25) is 9.20 Å². The van der Waals surface area contributed by atoms with Gasteiger partial charge in [0.2, 0.25) is 5.95 Å². The predicted molar refractivity (Wildman–Crippen MR) is 95.9 cm³/mol. The standard InChI is InChI=1S/C18H22N6O/c1-18(2,3)14-7-8-16(25)24(21-14)12-13-10-22(11-13)17-20-19-15-6-4-5-9-23(15)17/h4-9,13H,10-12H2,1-3H3. The zero-order valence-electron chi connectivity index (χ0n) is 14.8. The van der Waals surface area contributed by atoms with Gasteiger partial charge < -0.3 is 4.90 Å². The van der Waals surface area contributed by atoms with Crippen molar-refractivity contribution in [2.75, 3.05) is 18.0 Å². The molecule has 25 heavy (non-hydrogen) atoms. The van der Waals surface area contributed by atoms with E-state index < -0.39 is 0 Å². The van der Waals surface area contributed by atoms with Crippen molar-refractivity contribution in [2.45, 2.75) is 32.7 Å². The van der Waals surface area contributed by atoms with Crippen molar-refractivity contribution in [2.24, 2.45) is 5.92 Å². The summed E-state index contributed by atoms with van der Waals surface area (Å²) < 4.78 is 3.59. The van der Waals surface area contributed by atoms with E-state index in [0.717, 1.165) is 30.4 Å². The maximum atomic E-state index is 12.1. The number of fused-ring (bicyclic) bond motifs is 1. The van der Waals surface area contributed by atoms with Crippen LogP contribution in [0.1, 0.15) is 26.5 Å². The van der Waals surface area contributed by atoms with Gasteiger partial charge in [-0.25, -0.2) is 4.68 Å². The van der Waals surface area contributed by atoms with Gasteiger partial charge in [-0.05, 0) is 18.2 Å². The first-order valence-electron chi connectivity index (χ1n) is 8.55. The van der Waals surface area contributed by atoms with E-state index in [-0.39, 0.29) is 11.0 Å². The average Bonchev–Trinajstić information content (AvgIpc) is 2.94. The minimum atomic E-state index is -0.0679. The van der Waals surface area contributed by atoms with Gasteiger partial charge in [-0.15, -0.1) is 10.2 Å². The first-order chi connectivity index (χ1) is 11.9. The Bertz CT molecular complexity index is 961. The van der Waals surface area contributed by atoms with E-state index in [0.29, 0.717) is 12.5 Å². The molecule has 3 aromatic rings.